The average Bonchev–Trinajstić information content (AvgIpc) is 2.16. The predicted octanol–water partition coefficient (Wildman–Crippen LogP) is 1.31. The fourth-order valence-electron chi connectivity index (χ4n) is 1.76. The third kappa shape index (κ3) is 2.53. The molecule has 0 aromatic rings. The third-order valence-corrected chi connectivity index (χ3v) is 2.78. The molecular formula is C10H20N2O. The zero-order valence-corrected chi connectivity index (χ0v) is 8.62. The number of nitrogens with zero attached hydrogens (tertiary/aromatic N) is 1. The zero-order chi connectivity index (χ0) is 9.73. The maximum Gasteiger partial charge on any atom is 0.0666 e. The van der Waals surface area contributed by atoms with Gasteiger partial charge in [0.2, 0.25) is 0 Å². The highest BCUT2D eigenvalue weighted by Crippen LogP contribution is 2.27. The van der Waals surface area contributed by atoms with Crippen molar-refractivity contribution in [2.75, 3.05) is 20.3 Å². The summed E-state index contributed by atoms with van der Waals surface area (Å²) in [6.45, 7) is 3.67. The van der Waals surface area contributed by atoms with Crippen molar-refractivity contribution in [1.29, 1.82) is 0 Å². The van der Waals surface area contributed by atoms with Crippen LogP contribution in [0.15, 0.2) is 12.2 Å². The molecule has 0 aromatic heterocycles. The normalized spacial score (nSPS) is 30.2. The minimum absolute atomic E-state index is 0.0325. The molecule has 76 valence electrons. The quantitative estimate of drug-likeness (QED) is 0.408. The lowest BCUT2D eigenvalue weighted by Crippen LogP contribution is -2.55. The van der Waals surface area contributed by atoms with Gasteiger partial charge in [-0.25, -0.2) is 5.01 Å². The molecule has 3 nitrogen and oxygen atoms in total. The highest BCUT2D eigenvalue weighted by Gasteiger charge is 2.34. The van der Waals surface area contributed by atoms with Crippen LogP contribution < -0.4 is 5.84 Å². The van der Waals surface area contributed by atoms with E-state index in [0.717, 1.165) is 32.5 Å². The Bertz CT molecular complexity index is 172. The van der Waals surface area contributed by atoms with E-state index >= 15 is 0 Å². The van der Waals surface area contributed by atoms with Crippen LogP contribution in [-0.4, -0.2) is 30.8 Å². The van der Waals surface area contributed by atoms with Gasteiger partial charge >= 0.3 is 0 Å². The van der Waals surface area contributed by atoms with Crippen molar-refractivity contribution in [2.24, 2.45) is 5.84 Å². The lowest BCUT2D eigenvalue weighted by molar-refractivity contribution is -0.0383. The van der Waals surface area contributed by atoms with Gasteiger partial charge in [-0.3, -0.25) is 5.84 Å². The molecule has 1 aliphatic rings. The summed E-state index contributed by atoms with van der Waals surface area (Å²) < 4.78 is 5.49. The third-order valence-electron chi connectivity index (χ3n) is 2.78. The van der Waals surface area contributed by atoms with E-state index in [-0.39, 0.29) is 5.54 Å². The van der Waals surface area contributed by atoms with Gasteiger partial charge < -0.3 is 4.74 Å². The average molecular weight is 184 g/mol. The molecule has 0 saturated carbocycles. The summed E-state index contributed by atoms with van der Waals surface area (Å²) in [6.07, 6.45) is 7.46. The van der Waals surface area contributed by atoms with Crippen LogP contribution >= 0.6 is 0 Å². The number of allylic oxidation sites excluding steroid dienone is 1. The van der Waals surface area contributed by atoms with E-state index in [1.54, 1.807) is 0 Å². The van der Waals surface area contributed by atoms with Crippen molar-refractivity contribution in [3.63, 3.8) is 0 Å². The second-order valence-electron chi connectivity index (χ2n) is 3.76. The van der Waals surface area contributed by atoms with Crippen LogP contribution in [0.1, 0.15) is 26.2 Å². The molecule has 1 fully saturated rings. The molecule has 13 heavy (non-hydrogen) atoms. The number of hydrazine groups is 1. The topological polar surface area (TPSA) is 38.5 Å². The van der Waals surface area contributed by atoms with Gasteiger partial charge in [-0.2, -0.15) is 0 Å². The predicted molar refractivity (Wildman–Crippen MR) is 54.2 cm³/mol. The molecule has 0 bridgehead atoms. The minimum atomic E-state index is 0.0325. The van der Waals surface area contributed by atoms with E-state index in [9.17, 15) is 0 Å². The van der Waals surface area contributed by atoms with Gasteiger partial charge in [0.1, 0.15) is 0 Å². The first-order valence-electron chi connectivity index (χ1n) is 4.89. The molecule has 2 N–H and O–H groups in total. The number of likely N-dealkylation sites (N-methyl/N-ethyl adjacent to an activating group) is 1. The maximum absolute atomic E-state index is 5.86. The highest BCUT2D eigenvalue weighted by molar-refractivity contribution is 4.96. The van der Waals surface area contributed by atoms with Gasteiger partial charge in [0.15, 0.2) is 0 Å². The van der Waals surface area contributed by atoms with Crippen LogP contribution in [0.5, 0.6) is 0 Å². The van der Waals surface area contributed by atoms with Crippen molar-refractivity contribution in [3.8, 4) is 0 Å². The van der Waals surface area contributed by atoms with E-state index in [1.165, 1.54) is 0 Å². The summed E-state index contributed by atoms with van der Waals surface area (Å²) in [7, 11) is 1.93. The minimum Gasteiger partial charge on any atom is -0.379 e. The fourth-order valence-corrected chi connectivity index (χ4v) is 1.76. The highest BCUT2D eigenvalue weighted by atomic mass is 16.5. The molecule has 1 saturated heterocycles. The monoisotopic (exact) mass is 184 g/mol. The van der Waals surface area contributed by atoms with E-state index in [1.807, 2.05) is 19.0 Å². The van der Waals surface area contributed by atoms with E-state index in [4.69, 9.17) is 10.6 Å². The Morgan fingerprint density at radius 2 is 2.38 bits per heavy atom. The second kappa shape index (κ2) is 4.74. The summed E-state index contributed by atoms with van der Waals surface area (Å²) >= 11 is 0. The van der Waals surface area contributed by atoms with Crippen LogP contribution in [0, 0.1) is 0 Å². The summed E-state index contributed by atoms with van der Waals surface area (Å²) in [5.74, 6) is 5.86. The zero-order valence-electron chi connectivity index (χ0n) is 8.62. The van der Waals surface area contributed by atoms with E-state index in [2.05, 4.69) is 12.2 Å². The molecule has 1 aliphatic heterocycles. The van der Waals surface area contributed by atoms with Crippen molar-refractivity contribution in [2.45, 2.75) is 31.7 Å². The molecule has 0 aromatic carbocycles. The van der Waals surface area contributed by atoms with Gasteiger partial charge in [-0.1, -0.05) is 12.2 Å². The van der Waals surface area contributed by atoms with Crippen LogP contribution in [0.25, 0.3) is 0 Å². The summed E-state index contributed by atoms with van der Waals surface area (Å²) in [6, 6.07) is 0. The molecular weight excluding hydrogens is 164 g/mol. The molecule has 0 amide bonds. The Balaban J connectivity index is 2.61. The first-order valence-corrected chi connectivity index (χ1v) is 4.89. The van der Waals surface area contributed by atoms with Crippen LogP contribution in [0.2, 0.25) is 0 Å². The van der Waals surface area contributed by atoms with E-state index < -0.39 is 0 Å². The summed E-state index contributed by atoms with van der Waals surface area (Å²) in [4.78, 5) is 0. The van der Waals surface area contributed by atoms with Crippen molar-refractivity contribution < 1.29 is 4.74 Å². The number of hydrogen-bond donors (Lipinski definition) is 1. The largest absolute Gasteiger partial charge is 0.379 e. The van der Waals surface area contributed by atoms with Crippen molar-refractivity contribution >= 4 is 0 Å². The molecule has 1 heterocycles. The Kier molecular flexibility index (Phi) is 3.90. The molecule has 0 radical (unpaired) electrons. The molecule has 0 aliphatic carbocycles. The lowest BCUT2D eigenvalue weighted by Gasteiger charge is -2.41. The second-order valence-corrected chi connectivity index (χ2v) is 3.76. The summed E-state index contributed by atoms with van der Waals surface area (Å²) in [5.41, 5.74) is 0.0325. The summed E-state index contributed by atoms with van der Waals surface area (Å²) in [5, 5.41) is 1.81. The standard InChI is InChI=1S/C10H20N2O/c1-3-4-6-10(12(2)11)7-5-8-13-9-10/h3-4H,5-9,11H2,1-2H3/b4-3-. The van der Waals surface area contributed by atoms with Gasteiger partial charge in [0, 0.05) is 13.7 Å². The first kappa shape index (κ1) is 10.7. The number of ether oxygens (including phenoxy) is 1. The number of hydrogen-bond acceptors (Lipinski definition) is 3. The number of nitrogens with two attached hydrogens (primary N) is 1. The Morgan fingerprint density at radius 1 is 1.62 bits per heavy atom. The lowest BCUT2D eigenvalue weighted by atomic mass is 9.88. The Labute approximate surface area is 80.5 Å². The SMILES string of the molecule is C/C=C\CC1(N(C)N)CCCOC1. The molecule has 1 rings (SSSR count). The van der Waals surface area contributed by atoms with Gasteiger partial charge in [-0.15, -0.1) is 0 Å². The molecule has 3 heteroatoms. The Morgan fingerprint density at radius 3 is 2.85 bits per heavy atom. The van der Waals surface area contributed by atoms with Gasteiger partial charge in [-0.05, 0) is 26.2 Å². The van der Waals surface area contributed by atoms with E-state index in [0.29, 0.717) is 0 Å². The van der Waals surface area contributed by atoms with Gasteiger partial charge in [0.25, 0.3) is 0 Å². The Hall–Kier alpha value is -0.380. The molecule has 0 spiro atoms. The van der Waals surface area contributed by atoms with Crippen LogP contribution in [0.3, 0.4) is 0 Å². The van der Waals surface area contributed by atoms with Crippen molar-refractivity contribution in [1.82, 2.24) is 5.01 Å². The number of rotatable bonds is 3. The maximum atomic E-state index is 5.86. The van der Waals surface area contributed by atoms with Crippen molar-refractivity contribution in [3.05, 3.63) is 12.2 Å². The smallest absolute Gasteiger partial charge is 0.0666 e. The molecule has 1 unspecified atom stereocenters. The van der Waals surface area contributed by atoms with Gasteiger partial charge in [0.05, 0.1) is 12.1 Å². The first-order chi connectivity index (χ1) is 6.21. The van der Waals surface area contributed by atoms with Crippen LogP contribution in [0.4, 0.5) is 0 Å². The molecule has 1 atom stereocenters. The fraction of sp³-hybridized carbons (Fsp3) is 0.800. The van der Waals surface area contributed by atoms with Crippen LogP contribution in [-0.2, 0) is 4.74 Å².